The number of benzene rings is 6. The third kappa shape index (κ3) is 3.69. The molecule has 6 aromatic carbocycles. The summed E-state index contributed by atoms with van der Waals surface area (Å²) in [6.45, 7) is 0. The first kappa shape index (κ1) is 29.6. The lowest BCUT2D eigenvalue weighted by Crippen LogP contribution is -2.33. The van der Waals surface area contributed by atoms with Crippen LogP contribution in [0.4, 0.5) is 0 Å². The van der Waals surface area contributed by atoms with Crippen LogP contribution in [0.2, 0.25) is 0 Å². The molecule has 0 radical (unpaired) electrons. The first-order valence-electron chi connectivity index (χ1n) is 18.0. The molecule has 12 rings (SSSR count). The molecule has 6 heteroatoms. The number of pyridine rings is 2. The summed E-state index contributed by atoms with van der Waals surface area (Å²) in [5.41, 5.74) is 13.2. The quantitative estimate of drug-likeness (QED) is 0.180. The predicted molar refractivity (Wildman–Crippen MR) is 217 cm³/mol. The SMILES string of the molecule is N#Cc1ccc2c(c1)c1ccccc1n2-c1cccc2c1C1(c3ccc(-n4c5ccccc5c5ccccc54)cc3S2)c2cccnc2-c2ncccc21. The molecule has 54 heavy (non-hydrogen) atoms. The van der Waals surface area contributed by atoms with Crippen LogP contribution in [0.3, 0.4) is 0 Å². The molecule has 2 aliphatic rings. The standard InChI is InChI=1S/C48H27N5S/c49-28-29-20-23-41-34(26-29)33-12-3-6-17-40(33)53(41)42-18-7-19-43-45(42)48(36-13-8-24-50-46(36)47-37(48)14-9-25-51-47)35-22-21-30(27-44(35)54-43)52-38-15-4-1-10-31(38)32-11-2-5-16-39(32)52/h1-27H. The Hall–Kier alpha value is -6.94. The lowest BCUT2D eigenvalue weighted by molar-refractivity contribution is 0.712. The van der Waals surface area contributed by atoms with Crippen LogP contribution in [-0.2, 0) is 5.41 Å². The van der Waals surface area contributed by atoms with E-state index in [4.69, 9.17) is 9.97 Å². The summed E-state index contributed by atoms with van der Waals surface area (Å²) in [7, 11) is 0. The minimum atomic E-state index is -0.705. The normalized spacial score (nSPS) is 13.6. The van der Waals surface area contributed by atoms with Gasteiger partial charge in [-0.3, -0.25) is 9.97 Å². The predicted octanol–water partition coefficient (Wildman–Crippen LogP) is 11.4. The van der Waals surface area contributed by atoms with Crippen LogP contribution in [0, 0.1) is 11.3 Å². The highest BCUT2D eigenvalue weighted by molar-refractivity contribution is 7.99. The van der Waals surface area contributed by atoms with Gasteiger partial charge in [0.2, 0.25) is 0 Å². The molecule has 1 aliphatic carbocycles. The van der Waals surface area contributed by atoms with Crippen LogP contribution < -0.4 is 0 Å². The molecule has 1 spiro atoms. The van der Waals surface area contributed by atoms with E-state index in [1.807, 2.05) is 36.3 Å². The summed E-state index contributed by atoms with van der Waals surface area (Å²) in [5.74, 6) is 0. The third-order valence-corrected chi connectivity index (χ3v) is 12.6. The molecule has 0 N–H and O–H groups in total. The van der Waals surface area contributed by atoms with E-state index < -0.39 is 5.41 Å². The van der Waals surface area contributed by atoms with Gasteiger partial charge in [-0.15, -0.1) is 0 Å². The Morgan fingerprint density at radius 3 is 1.78 bits per heavy atom. The maximum atomic E-state index is 9.88. The smallest absolute Gasteiger partial charge is 0.0991 e. The van der Waals surface area contributed by atoms with E-state index in [0.29, 0.717) is 5.56 Å². The number of fused-ring (bicyclic) bond motifs is 15. The Morgan fingerprint density at radius 1 is 0.500 bits per heavy atom. The van der Waals surface area contributed by atoms with Crippen LogP contribution in [0.5, 0.6) is 0 Å². The van der Waals surface area contributed by atoms with E-state index in [1.54, 1.807) is 0 Å². The fraction of sp³-hybridized carbons (Fsp3) is 0.0208. The summed E-state index contributed by atoms with van der Waals surface area (Å²) in [4.78, 5) is 12.4. The lowest BCUT2D eigenvalue weighted by Gasteiger charge is -2.41. The maximum Gasteiger partial charge on any atom is 0.0991 e. The highest BCUT2D eigenvalue weighted by Crippen LogP contribution is 2.63. The van der Waals surface area contributed by atoms with Crippen molar-refractivity contribution in [2.75, 3.05) is 0 Å². The largest absolute Gasteiger partial charge is 0.309 e. The molecule has 0 unspecified atom stereocenters. The summed E-state index contributed by atoms with van der Waals surface area (Å²) in [6.07, 6.45) is 3.76. The second kappa shape index (κ2) is 10.8. The first-order valence-corrected chi connectivity index (χ1v) is 18.9. The molecule has 0 bridgehead atoms. The number of aromatic nitrogens is 4. The van der Waals surface area contributed by atoms with E-state index in [0.717, 1.165) is 55.7 Å². The zero-order valence-electron chi connectivity index (χ0n) is 28.7. The Bertz CT molecular complexity index is 3190. The van der Waals surface area contributed by atoms with E-state index >= 15 is 0 Å². The van der Waals surface area contributed by atoms with Gasteiger partial charge >= 0.3 is 0 Å². The number of nitrogens with zero attached hydrogens (tertiary/aromatic N) is 5. The van der Waals surface area contributed by atoms with Crippen molar-refractivity contribution in [3.8, 4) is 28.8 Å². The average Bonchev–Trinajstić information content (AvgIpc) is 3.85. The van der Waals surface area contributed by atoms with Crippen LogP contribution >= 0.6 is 11.8 Å². The molecule has 0 amide bonds. The van der Waals surface area contributed by atoms with Crippen molar-refractivity contribution in [2.24, 2.45) is 0 Å². The van der Waals surface area contributed by atoms with Crippen molar-refractivity contribution in [3.05, 3.63) is 192 Å². The van der Waals surface area contributed by atoms with Crippen molar-refractivity contribution in [3.63, 3.8) is 0 Å². The number of rotatable bonds is 2. The Balaban J connectivity index is 1.21. The van der Waals surface area contributed by atoms with E-state index in [9.17, 15) is 5.26 Å². The average molecular weight is 706 g/mol. The van der Waals surface area contributed by atoms with Gasteiger partial charge in [0.05, 0.1) is 56.2 Å². The van der Waals surface area contributed by atoms with Crippen LogP contribution in [0.25, 0.3) is 66.4 Å². The summed E-state index contributed by atoms with van der Waals surface area (Å²) in [5, 5.41) is 14.5. The number of para-hydroxylation sites is 3. The Labute approximate surface area is 314 Å². The molecule has 1 aliphatic heterocycles. The molecule has 0 fully saturated rings. The molecule has 0 saturated carbocycles. The summed E-state index contributed by atoms with van der Waals surface area (Å²) in [6, 6.07) is 56.7. The number of nitriles is 1. The molecular formula is C48H27N5S. The number of hydrogen-bond acceptors (Lipinski definition) is 4. The molecular weight excluding hydrogens is 679 g/mol. The summed E-state index contributed by atoms with van der Waals surface area (Å²) >= 11 is 1.83. The van der Waals surface area contributed by atoms with Gasteiger partial charge in [0.25, 0.3) is 0 Å². The molecule has 10 aromatic rings. The minimum Gasteiger partial charge on any atom is -0.309 e. The second-order valence-corrected chi connectivity index (χ2v) is 15.1. The Morgan fingerprint density at radius 2 is 1.11 bits per heavy atom. The van der Waals surface area contributed by atoms with Crippen molar-refractivity contribution in [1.82, 2.24) is 19.1 Å². The molecule has 4 aromatic heterocycles. The monoisotopic (exact) mass is 705 g/mol. The molecule has 5 heterocycles. The van der Waals surface area contributed by atoms with Gasteiger partial charge in [0, 0.05) is 55.0 Å². The highest BCUT2D eigenvalue weighted by Gasteiger charge is 2.53. The van der Waals surface area contributed by atoms with Crippen molar-refractivity contribution >= 4 is 55.4 Å². The maximum absolute atomic E-state index is 9.88. The first-order chi connectivity index (χ1) is 26.8. The zero-order chi connectivity index (χ0) is 35.5. The fourth-order valence-corrected chi connectivity index (χ4v) is 10.7. The summed E-state index contributed by atoms with van der Waals surface area (Å²) < 4.78 is 4.80. The molecule has 250 valence electrons. The van der Waals surface area contributed by atoms with Crippen LogP contribution in [0.1, 0.15) is 27.8 Å². The van der Waals surface area contributed by atoms with Crippen molar-refractivity contribution in [2.45, 2.75) is 15.2 Å². The van der Waals surface area contributed by atoms with Gasteiger partial charge in [0.1, 0.15) is 0 Å². The molecule has 0 saturated heterocycles. The van der Waals surface area contributed by atoms with Gasteiger partial charge in [-0.2, -0.15) is 5.26 Å². The highest BCUT2D eigenvalue weighted by atomic mass is 32.2. The van der Waals surface area contributed by atoms with Crippen LogP contribution in [0.15, 0.2) is 174 Å². The lowest BCUT2D eigenvalue weighted by atomic mass is 9.67. The van der Waals surface area contributed by atoms with Gasteiger partial charge < -0.3 is 9.13 Å². The van der Waals surface area contributed by atoms with Crippen molar-refractivity contribution in [1.29, 1.82) is 5.26 Å². The minimum absolute atomic E-state index is 0.649. The van der Waals surface area contributed by atoms with Gasteiger partial charge in [0.15, 0.2) is 0 Å². The Kier molecular flexibility index (Phi) is 5.92. The van der Waals surface area contributed by atoms with Crippen molar-refractivity contribution < 1.29 is 0 Å². The van der Waals surface area contributed by atoms with Gasteiger partial charge in [-0.25, -0.2) is 0 Å². The van der Waals surface area contributed by atoms with E-state index in [1.165, 1.54) is 42.7 Å². The number of hydrogen-bond donors (Lipinski definition) is 0. The zero-order valence-corrected chi connectivity index (χ0v) is 29.5. The molecule has 0 atom stereocenters. The van der Waals surface area contributed by atoms with E-state index in [2.05, 4.69) is 155 Å². The van der Waals surface area contributed by atoms with Gasteiger partial charge in [-0.1, -0.05) is 90.6 Å². The third-order valence-electron chi connectivity index (χ3n) is 11.5. The van der Waals surface area contributed by atoms with Gasteiger partial charge in [-0.05, 0) is 89.5 Å². The van der Waals surface area contributed by atoms with Crippen LogP contribution in [-0.4, -0.2) is 19.1 Å². The fourth-order valence-electron chi connectivity index (χ4n) is 9.47. The molecule has 5 nitrogen and oxygen atoms in total. The van der Waals surface area contributed by atoms with E-state index in [-0.39, 0.29) is 0 Å². The second-order valence-electron chi connectivity index (χ2n) is 14.0. The topological polar surface area (TPSA) is 59.4 Å².